The first-order chi connectivity index (χ1) is 12.7. The Morgan fingerprint density at radius 1 is 1.07 bits per heavy atom. The van der Waals surface area contributed by atoms with Crippen molar-refractivity contribution in [2.24, 2.45) is 0 Å². The minimum Gasteiger partial charge on any atom is -0.339 e. The summed E-state index contributed by atoms with van der Waals surface area (Å²) in [7, 11) is 1.99. The monoisotopic (exact) mass is 420 g/mol. The summed E-state index contributed by atoms with van der Waals surface area (Å²) in [6, 6.07) is 16.6. The highest BCUT2D eigenvalue weighted by molar-refractivity contribution is 5.97. The largest absolute Gasteiger partial charge is 0.339 e. The molecule has 0 bridgehead atoms. The topological polar surface area (TPSA) is 50.2 Å². The molecular weight excluding hydrogens is 395 g/mol. The van der Waals surface area contributed by atoms with Crippen molar-refractivity contribution in [3.63, 3.8) is 0 Å². The van der Waals surface area contributed by atoms with Crippen LogP contribution in [0.4, 0.5) is 0 Å². The van der Waals surface area contributed by atoms with Crippen LogP contribution in [0.1, 0.15) is 29.0 Å². The smallest absolute Gasteiger partial charge is 0.253 e. The van der Waals surface area contributed by atoms with Gasteiger partial charge in [0.25, 0.3) is 5.91 Å². The van der Waals surface area contributed by atoms with Crippen LogP contribution in [0.15, 0.2) is 48.5 Å². The standard InChI is InChI=1S/C21H24N4O.2ClH/c1-15-23-19-14-16(21(26)24-12-10-17(22-2)11-13-24)8-9-20(19)25(15)18-6-4-3-5-7-18;;/h3-9,14,17,22H,10-13H2,1-2H3;2*1H. The maximum absolute atomic E-state index is 12.9. The van der Waals surface area contributed by atoms with Crippen LogP contribution in [-0.4, -0.2) is 46.5 Å². The van der Waals surface area contributed by atoms with Gasteiger partial charge < -0.3 is 10.2 Å². The van der Waals surface area contributed by atoms with Crippen LogP contribution in [0.2, 0.25) is 0 Å². The summed E-state index contributed by atoms with van der Waals surface area (Å²) in [6.07, 6.45) is 2.01. The fourth-order valence-electron chi connectivity index (χ4n) is 3.79. The molecule has 1 aliphatic heterocycles. The molecule has 3 aromatic rings. The van der Waals surface area contributed by atoms with Gasteiger partial charge in [0.1, 0.15) is 5.82 Å². The number of amides is 1. The zero-order chi connectivity index (χ0) is 18.1. The average Bonchev–Trinajstić information content (AvgIpc) is 3.03. The van der Waals surface area contributed by atoms with Crippen LogP contribution in [-0.2, 0) is 0 Å². The third-order valence-electron chi connectivity index (χ3n) is 5.27. The molecule has 1 aliphatic rings. The van der Waals surface area contributed by atoms with Gasteiger partial charge in [-0.25, -0.2) is 4.98 Å². The van der Waals surface area contributed by atoms with Crippen LogP contribution in [0, 0.1) is 6.92 Å². The Hall–Kier alpha value is -2.08. The highest BCUT2D eigenvalue weighted by Gasteiger charge is 2.23. The SMILES string of the molecule is CNC1CCN(C(=O)c2ccc3c(c2)nc(C)n3-c2ccccc2)CC1.Cl.Cl. The highest BCUT2D eigenvalue weighted by atomic mass is 35.5. The van der Waals surface area contributed by atoms with E-state index in [4.69, 9.17) is 0 Å². The maximum Gasteiger partial charge on any atom is 0.253 e. The fraction of sp³-hybridized carbons (Fsp3) is 0.333. The van der Waals surface area contributed by atoms with Crippen molar-refractivity contribution in [2.75, 3.05) is 20.1 Å². The van der Waals surface area contributed by atoms with Gasteiger partial charge in [0, 0.05) is 30.4 Å². The van der Waals surface area contributed by atoms with Crippen molar-refractivity contribution in [2.45, 2.75) is 25.8 Å². The summed E-state index contributed by atoms with van der Waals surface area (Å²) >= 11 is 0. The number of rotatable bonds is 3. The van der Waals surface area contributed by atoms with E-state index in [0.717, 1.165) is 54.0 Å². The average molecular weight is 421 g/mol. The van der Waals surface area contributed by atoms with Gasteiger partial charge >= 0.3 is 0 Å². The summed E-state index contributed by atoms with van der Waals surface area (Å²) in [6.45, 7) is 3.61. The molecule has 1 N–H and O–H groups in total. The first-order valence-corrected chi connectivity index (χ1v) is 9.18. The minimum atomic E-state index is 0. The van der Waals surface area contributed by atoms with E-state index in [1.807, 2.05) is 55.3 Å². The number of carbonyl (C=O) groups is 1. The Labute approximate surface area is 178 Å². The van der Waals surface area contributed by atoms with E-state index in [1.165, 1.54) is 0 Å². The van der Waals surface area contributed by atoms with Gasteiger partial charge in [0.15, 0.2) is 0 Å². The minimum absolute atomic E-state index is 0. The second kappa shape index (κ2) is 9.41. The van der Waals surface area contributed by atoms with Gasteiger partial charge in [-0.1, -0.05) is 18.2 Å². The van der Waals surface area contributed by atoms with Crippen molar-refractivity contribution >= 4 is 41.8 Å². The first kappa shape index (κ1) is 22.2. The van der Waals surface area contributed by atoms with Crippen LogP contribution in [0.3, 0.4) is 0 Å². The van der Waals surface area contributed by atoms with E-state index in [1.54, 1.807) is 0 Å². The van der Waals surface area contributed by atoms with E-state index in [-0.39, 0.29) is 30.7 Å². The van der Waals surface area contributed by atoms with Crippen molar-refractivity contribution < 1.29 is 4.79 Å². The second-order valence-corrected chi connectivity index (χ2v) is 6.89. The molecule has 28 heavy (non-hydrogen) atoms. The Bertz CT molecular complexity index is 934. The number of halogens is 2. The molecule has 5 nitrogen and oxygen atoms in total. The molecule has 1 aromatic heterocycles. The van der Waals surface area contributed by atoms with Crippen molar-refractivity contribution in [3.8, 4) is 5.69 Å². The van der Waals surface area contributed by atoms with Gasteiger partial charge in [-0.15, -0.1) is 24.8 Å². The molecule has 2 heterocycles. The van der Waals surface area contributed by atoms with Gasteiger partial charge in [0.2, 0.25) is 0 Å². The van der Waals surface area contributed by atoms with Gasteiger partial charge in [-0.3, -0.25) is 9.36 Å². The number of nitrogens with one attached hydrogen (secondary N) is 1. The molecule has 1 fully saturated rings. The Kier molecular flexibility index (Phi) is 7.47. The summed E-state index contributed by atoms with van der Waals surface area (Å²) in [5.41, 5.74) is 3.69. The quantitative estimate of drug-likeness (QED) is 0.696. The zero-order valence-corrected chi connectivity index (χ0v) is 17.7. The van der Waals surface area contributed by atoms with Gasteiger partial charge in [-0.05, 0) is 57.1 Å². The summed E-state index contributed by atoms with van der Waals surface area (Å²) in [5.74, 6) is 1.03. The first-order valence-electron chi connectivity index (χ1n) is 9.18. The molecule has 1 amide bonds. The number of fused-ring (bicyclic) bond motifs is 1. The number of hydrogen-bond donors (Lipinski definition) is 1. The molecule has 0 atom stereocenters. The Balaban J connectivity index is 0.00000140. The van der Waals surface area contributed by atoms with Gasteiger partial charge in [0.05, 0.1) is 11.0 Å². The van der Waals surface area contributed by atoms with Crippen LogP contribution in [0.25, 0.3) is 16.7 Å². The predicted octanol–water partition coefficient (Wildman–Crippen LogP) is 4.00. The fourth-order valence-corrected chi connectivity index (χ4v) is 3.79. The molecular formula is C21H26Cl2N4O. The second-order valence-electron chi connectivity index (χ2n) is 6.89. The molecule has 0 aliphatic carbocycles. The number of carbonyl (C=O) groups excluding carboxylic acids is 1. The third-order valence-corrected chi connectivity index (χ3v) is 5.27. The van der Waals surface area contributed by atoms with Crippen molar-refractivity contribution in [1.82, 2.24) is 19.8 Å². The zero-order valence-electron chi connectivity index (χ0n) is 16.1. The summed E-state index contributed by atoms with van der Waals surface area (Å²) < 4.78 is 2.13. The lowest BCUT2D eigenvalue weighted by atomic mass is 10.0. The molecule has 0 unspecified atom stereocenters. The number of benzene rings is 2. The van der Waals surface area contributed by atoms with E-state index < -0.39 is 0 Å². The lowest BCUT2D eigenvalue weighted by Crippen LogP contribution is -2.43. The molecule has 0 spiro atoms. The van der Waals surface area contributed by atoms with Crippen molar-refractivity contribution in [3.05, 3.63) is 59.9 Å². The number of nitrogens with zero attached hydrogens (tertiary/aromatic N) is 3. The molecule has 7 heteroatoms. The van der Waals surface area contributed by atoms with E-state index in [0.29, 0.717) is 6.04 Å². The van der Waals surface area contributed by atoms with Gasteiger partial charge in [-0.2, -0.15) is 0 Å². The molecule has 150 valence electrons. The lowest BCUT2D eigenvalue weighted by molar-refractivity contribution is 0.0707. The molecule has 2 aromatic carbocycles. The maximum atomic E-state index is 12.9. The van der Waals surface area contributed by atoms with E-state index in [2.05, 4.69) is 27.0 Å². The van der Waals surface area contributed by atoms with E-state index >= 15 is 0 Å². The Morgan fingerprint density at radius 3 is 2.39 bits per heavy atom. The normalized spacial score (nSPS) is 14.4. The number of piperidine rings is 1. The number of aryl methyl sites for hydroxylation is 1. The third kappa shape index (κ3) is 4.17. The van der Waals surface area contributed by atoms with Crippen LogP contribution < -0.4 is 5.32 Å². The molecule has 0 saturated carbocycles. The number of para-hydroxylation sites is 1. The summed E-state index contributed by atoms with van der Waals surface area (Å²) in [4.78, 5) is 19.5. The molecule has 1 saturated heterocycles. The predicted molar refractivity (Wildman–Crippen MR) is 118 cm³/mol. The van der Waals surface area contributed by atoms with Crippen LogP contribution >= 0.6 is 24.8 Å². The van der Waals surface area contributed by atoms with E-state index in [9.17, 15) is 4.79 Å². The Morgan fingerprint density at radius 2 is 1.75 bits per heavy atom. The highest BCUT2D eigenvalue weighted by Crippen LogP contribution is 2.23. The van der Waals surface area contributed by atoms with Crippen molar-refractivity contribution in [1.29, 1.82) is 0 Å². The number of aromatic nitrogens is 2. The molecule has 0 radical (unpaired) electrons. The summed E-state index contributed by atoms with van der Waals surface area (Å²) in [5, 5.41) is 3.30. The lowest BCUT2D eigenvalue weighted by Gasteiger charge is -2.31. The number of hydrogen-bond acceptors (Lipinski definition) is 3. The number of imidazole rings is 1. The van der Waals surface area contributed by atoms with Crippen LogP contribution in [0.5, 0.6) is 0 Å². The number of likely N-dealkylation sites (tertiary alicyclic amines) is 1. The molecule has 4 rings (SSSR count).